The Balaban J connectivity index is 2.07. The molecule has 0 saturated heterocycles. The Kier molecular flexibility index (Phi) is 5.66. The fraction of sp³-hybridized carbons (Fsp3) is 0.333. The molecule has 1 N–H and O–H groups in total. The molecular weight excluding hydrogens is 353 g/mol. The predicted molar refractivity (Wildman–Crippen MR) is 88.2 cm³/mol. The summed E-state index contributed by atoms with van der Waals surface area (Å²) in [6.45, 7) is 3.29. The Morgan fingerprint density at radius 1 is 1.22 bits per heavy atom. The predicted octanol–water partition coefficient (Wildman–Crippen LogP) is 4.64. The van der Waals surface area contributed by atoms with Gasteiger partial charge in [0.2, 0.25) is 0 Å². The summed E-state index contributed by atoms with van der Waals surface area (Å²) < 4.78 is 1.30. The van der Waals surface area contributed by atoms with Crippen LogP contribution in [0.15, 0.2) is 41.8 Å². The van der Waals surface area contributed by atoms with Gasteiger partial charge in [-0.1, -0.05) is 25.1 Å². The van der Waals surface area contributed by atoms with Crippen molar-refractivity contribution in [1.82, 2.24) is 5.32 Å². The smallest absolute Gasteiger partial charge is 0.0455 e. The van der Waals surface area contributed by atoms with Crippen LogP contribution < -0.4 is 5.32 Å². The van der Waals surface area contributed by atoms with E-state index in [1.54, 1.807) is 0 Å². The van der Waals surface area contributed by atoms with Gasteiger partial charge in [-0.05, 0) is 71.1 Å². The molecule has 1 atom stereocenters. The number of rotatable bonds is 6. The molecule has 0 amide bonds. The quantitative estimate of drug-likeness (QED) is 0.730. The van der Waals surface area contributed by atoms with Crippen LogP contribution in [0.25, 0.3) is 0 Å². The van der Waals surface area contributed by atoms with Crippen LogP contribution in [0.3, 0.4) is 0 Å². The minimum absolute atomic E-state index is 0.449. The Morgan fingerprint density at radius 3 is 2.61 bits per heavy atom. The summed E-state index contributed by atoms with van der Waals surface area (Å²) in [7, 11) is 0. The SMILES string of the molecule is CCCNC(Cc1ccc(I)cc1)c1cccs1. The van der Waals surface area contributed by atoms with Crippen molar-refractivity contribution in [3.63, 3.8) is 0 Å². The van der Waals surface area contributed by atoms with Crippen molar-refractivity contribution in [2.45, 2.75) is 25.8 Å². The number of nitrogens with one attached hydrogen (secondary N) is 1. The van der Waals surface area contributed by atoms with E-state index in [9.17, 15) is 0 Å². The van der Waals surface area contributed by atoms with Crippen LogP contribution in [0.4, 0.5) is 0 Å². The van der Waals surface area contributed by atoms with Crippen LogP contribution in [0.1, 0.15) is 29.8 Å². The molecule has 1 aromatic carbocycles. The summed E-state index contributed by atoms with van der Waals surface area (Å²) in [5.41, 5.74) is 1.40. The minimum atomic E-state index is 0.449. The van der Waals surface area contributed by atoms with E-state index in [1.807, 2.05) is 11.3 Å². The molecule has 3 heteroatoms. The molecule has 1 nitrogen and oxygen atoms in total. The zero-order valence-electron chi connectivity index (χ0n) is 10.5. The van der Waals surface area contributed by atoms with Crippen molar-refractivity contribution >= 4 is 33.9 Å². The molecule has 0 aliphatic heterocycles. The first-order valence-corrected chi connectivity index (χ1v) is 8.26. The number of benzene rings is 1. The van der Waals surface area contributed by atoms with E-state index in [2.05, 4.69) is 76.6 Å². The van der Waals surface area contributed by atoms with Gasteiger partial charge in [-0.15, -0.1) is 11.3 Å². The van der Waals surface area contributed by atoms with Crippen LogP contribution in [-0.2, 0) is 6.42 Å². The summed E-state index contributed by atoms with van der Waals surface area (Å²) >= 11 is 4.19. The molecule has 1 unspecified atom stereocenters. The van der Waals surface area contributed by atoms with Crippen LogP contribution >= 0.6 is 33.9 Å². The van der Waals surface area contributed by atoms with Crippen LogP contribution in [0.5, 0.6) is 0 Å². The first-order chi connectivity index (χ1) is 8.79. The first-order valence-electron chi connectivity index (χ1n) is 6.31. The zero-order chi connectivity index (χ0) is 12.8. The van der Waals surface area contributed by atoms with Gasteiger partial charge in [-0.25, -0.2) is 0 Å². The third-order valence-electron chi connectivity index (χ3n) is 2.88. The minimum Gasteiger partial charge on any atom is -0.309 e. The highest BCUT2D eigenvalue weighted by Gasteiger charge is 2.12. The molecule has 0 saturated carbocycles. The summed E-state index contributed by atoms with van der Waals surface area (Å²) in [5.74, 6) is 0. The Morgan fingerprint density at radius 2 is 2.00 bits per heavy atom. The van der Waals surface area contributed by atoms with Crippen LogP contribution in [0, 0.1) is 3.57 Å². The topological polar surface area (TPSA) is 12.0 Å². The van der Waals surface area contributed by atoms with E-state index < -0.39 is 0 Å². The molecule has 0 bridgehead atoms. The average molecular weight is 371 g/mol. The van der Waals surface area contributed by atoms with Gasteiger partial charge in [-0.2, -0.15) is 0 Å². The van der Waals surface area contributed by atoms with E-state index in [-0.39, 0.29) is 0 Å². The normalized spacial score (nSPS) is 12.6. The number of hydrogen-bond donors (Lipinski definition) is 1. The molecule has 2 aromatic rings. The van der Waals surface area contributed by atoms with Gasteiger partial charge in [0.25, 0.3) is 0 Å². The van der Waals surface area contributed by atoms with Crippen molar-refractivity contribution in [3.05, 3.63) is 55.8 Å². The Labute approximate surface area is 127 Å². The number of thiophene rings is 1. The molecule has 0 aliphatic carbocycles. The molecule has 1 aromatic heterocycles. The second-order valence-corrected chi connectivity index (χ2v) is 6.58. The lowest BCUT2D eigenvalue weighted by atomic mass is 10.0. The highest BCUT2D eigenvalue weighted by Crippen LogP contribution is 2.23. The fourth-order valence-electron chi connectivity index (χ4n) is 1.94. The highest BCUT2D eigenvalue weighted by molar-refractivity contribution is 14.1. The van der Waals surface area contributed by atoms with Crippen molar-refractivity contribution in [3.8, 4) is 0 Å². The maximum absolute atomic E-state index is 3.64. The van der Waals surface area contributed by atoms with Crippen molar-refractivity contribution in [2.24, 2.45) is 0 Å². The van der Waals surface area contributed by atoms with Gasteiger partial charge in [0.15, 0.2) is 0 Å². The van der Waals surface area contributed by atoms with E-state index in [0.29, 0.717) is 6.04 Å². The lowest BCUT2D eigenvalue weighted by Gasteiger charge is -2.17. The highest BCUT2D eigenvalue weighted by atomic mass is 127. The molecule has 0 spiro atoms. The maximum Gasteiger partial charge on any atom is 0.0455 e. The van der Waals surface area contributed by atoms with Gasteiger partial charge in [0.1, 0.15) is 0 Å². The summed E-state index contributed by atoms with van der Waals surface area (Å²) in [6.07, 6.45) is 2.24. The molecule has 0 radical (unpaired) electrons. The third kappa shape index (κ3) is 4.07. The van der Waals surface area contributed by atoms with Crippen molar-refractivity contribution < 1.29 is 0 Å². The standard InChI is InChI=1S/C15H18INS/c1-2-9-17-14(15-4-3-10-18-15)11-12-5-7-13(16)8-6-12/h3-8,10,14,17H,2,9,11H2,1H3. The molecule has 0 fully saturated rings. The molecule has 1 heterocycles. The summed E-state index contributed by atoms with van der Waals surface area (Å²) in [4.78, 5) is 1.43. The molecule has 0 aliphatic rings. The van der Waals surface area contributed by atoms with Gasteiger partial charge in [-0.3, -0.25) is 0 Å². The largest absolute Gasteiger partial charge is 0.309 e. The number of halogens is 1. The fourth-order valence-corrected chi connectivity index (χ4v) is 3.10. The second-order valence-electron chi connectivity index (χ2n) is 4.35. The Bertz CT molecular complexity index is 450. The second kappa shape index (κ2) is 7.26. The average Bonchev–Trinajstić information content (AvgIpc) is 2.90. The summed E-state index contributed by atoms with van der Waals surface area (Å²) in [5, 5.41) is 5.80. The van der Waals surface area contributed by atoms with Crippen LogP contribution in [0.2, 0.25) is 0 Å². The molecule has 18 heavy (non-hydrogen) atoms. The Hall–Kier alpha value is -0.390. The molecule has 96 valence electrons. The summed E-state index contributed by atoms with van der Waals surface area (Å²) in [6, 6.07) is 13.6. The van der Waals surface area contributed by atoms with Crippen molar-refractivity contribution in [1.29, 1.82) is 0 Å². The lowest BCUT2D eigenvalue weighted by molar-refractivity contribution is 0.536. The van der Waals surface area contributed by atoms with Gasteiger partial charge < -0.3 is 5.32 Å². The van der Waals surface area contributed by atoms with E-state index in [0.717, 1.165) is 13.0 Å². The third-order valence-corrected chi connectivity index (χ3v) is 4.59. The monoisotopic (exact) mass is 371 g/mol. The maximum atomic E-state index is 3.64. The zero-order valence-corrected chi connectivity index (χ0v) is 13.5. The van der Waals surface area contributed by atoms with E-state index in [1.165, 1.54) is 20.4 Å². The first kappa shape index (κ1) is 14.0. The van der Waals surface area contributed by atoms with Gasteiger partial charge in [0, 0.05) is 14.5 Å². The lowest BCUT2D eigenvalue weighted by Crippen LogP contribution is -2.23. The van der Waals surface area contributed by atoms with Gasteiger partial charge in [0.05, 0.1) is 0 Å². The van der Waals surface area contributed by atoms with E-state index in [4.69, 9.17) is 0 Å². The van der Waals surface area contributed by atoms with Crippen LogP contribution in [-0.4, -0.2) is 6.54 Å². The number of hydrogen-bond acceptors (Lipinski definition) is 2. The molecule has 2 rings (SSSR count). The van der Waals surface area contributed by atoms with Gasteiger partial charge >= 0.3 is 0 Å². The van der Waals surface area contributed by atoms with E-state index >= 15 is 0 Å². The molecular formula is C15H18INS. The van der Waals surface area contributed by atoms with Crippen molar-refractivity contribution in [2.75, 3.05) is 6.54 Å².